The Morgan fingerprint density at radius 3 is 2.86 bits per heavy atom. The molecule has 0 atom stereocenters. The number of ether oxygens (including phenoxy) is 2. The summed E-state index contributed by atoms with van der Waals surface area (Å²) < 4.78 is 22.2. The first-order valence-corrected chi connectivity index (χ1v) is 3.86. The summed E-state index contributed by atoms with van der Waals surface area (Å²) in [6.07, 6.45) is 0. The van der Waals surface area contributed by atoms with E-state index in [0.29, 0.717) is 0 Å². The van der Waals surface area contributed by atoms with Gasteiger partial charge >= 0.3 is 5.97 Å². The standard InChI is InChI=1S/C9H10FNO3/c1-13-5-14-9(12)7-3-2-6(11)4-8(7)10/h2-4H,5,11H2,1H3. The average Bonchev–Trinajstić information content (AvgIpc) is 2.14. The summed E-state index contributed by atoms with van der Waals surface area (Å²) in [6, 6.07) is 3.75. The second kappa shape index (κ2) is 4.57. The van der Waals surface area contributed by atoms with Crippen LogP contribution in [0.25, 0.3) is 0 Å². The minimum atomic E-state index is -0.774. The number of hydrogen-bond donors (Lipinski definition) is 1. The first-order valence-electron chi connectivity index (χ1n) is 3.86. The van der Waals surface area contributed by atoms with E-state index < -0.39 is 11.8 Å². The van der Waals surface area contributed by atoms with Crippen LogP contribution in [-0.4, -0.2) is 19.9 Å². The van der Waals surface area contributed by atoms with E-state index >= 15 is 0 Å². The molecule has 1 aromatic carbocycles. The Labute approximate surface area is 80.4 Å². The molecule has 0 spiro atoms. The molecule has 0 fully saturated rings. The summed E-state index contributed by atoms with van der Waals surface area (Å²) in [6.45, 7) is -0.206. The van der Waals surface area contributed by atoms with E-state index in [2.05, 4.69) is 9.47 Å². The minimum Gasteiger partial charge on any atom is -0.435 e. The predicted molar refractivity (Wildman–Crippen MR) is 48.1 cm³/mol. The first kappa shape index (κ1) is 10.5. The summed E-state index contributed by atoms with van der Waals surface area (Å²) in [5.74, 6) is -1.48. The number of halogens is 1. The molecule has 0 aliphatic rings. The lowest BCUT2D eigenvalue weighted by Crippen LogP contribution is -2.09. The van der Waals surface area contributed by atoms with Crippen molar-refractivity contribution in [2.24, 2.45) is 0 Å². The zero-order chi connectivity index (χ0) is 10.6. The van der Waals surface area contributed by atoms with Crippen LogP contribution in [-0.2, 0) is 9.47 Å². The normalized spacial score (nSPS) is 9.86. The van der Waals surface area contributed by atoms with Crippen molar-refractivity contribution < 1.29 is 18.7 Å². The van der Waals surface area contributed by atoms with Crippen molar-refractivity contribution >= 4 is 11.7 Å². The second-order valence-corrected chi connectivity index (χ2v) is 2.58. The highest BCUT2D eigenvalue weighted by Gasteiger charge is 2.12. The molecule has 76 valence electrons. The molecule has 0 bridgehead atoms. The average molecular weight is 199 g/mol. The van der Waals surface area contributed by atoms with Gasteiger partial charge in [-0.05, 0) is 18.2 Å². The number of nitrogen functional groups attached to an aromatic ring is 1. The van der Waals surface area contributed by atoms with E-state index in [1.165, 1.54) is 19.2 Å². The molecule has 5 heteroatoms. The third-order valence-electron chi connectivity index (χ3n) is 1.52. The van der Waals surface area contributed by atoms with Crippen molar-refractivity contribution in [3.63, 3.8) is 0 Å². The van der Waals surface area contributed by atoms with Gasteiger partial charge in [0.2, 0.25) is 0 Å². The van der Waals surface area contributed by atoms with Crippen molar-refractivity contribution in [3.8, 4) is 0 Å². The largest absolute Gasteiger partial charge is 0.435 e. The van der Waals surface area contributed by atoms with Crippen LogP contribution in [0.1, 0.15) is 10.4 Å². The van der Waals surface area contributed by atoms with Crippen molar-refractivity contribution in [1.82, 2.24) is 0 Å². The molecular weight excluding hydrogens is 189 g/mol. The van der Waals surface area contributed by atoms with Crippen LogP contribution < -0.4 is 5.73 Å². The lowest BCUT2D eigenvalue weighted by atomic mass is 10.2. The van der Waals surface area contributed by atoms with Crippen LogP contribution in [0.3, 0.4) is 0 Å². The molecule has 1 aromatic rings. The maximum atomic E-state index is 13.1. The predicted octanol–water partition coefficient (Wildman–Crippen LogP) is 1.17. The van der Waals surface area contributed by atoms with Gasteiger partial charge in [-0.3, -0.25) is 0 Å². The lowest BCUT2D eigenvalue weighted by Gasteiger charge is -2.04. The monoisotopic (exact) mass is 199 g/mol. The SMILES string of the molecule is COCOC(=O)c1ccc(N)cc1F. The minimum absolute atomic E-state index is 0.156. The van der Waals surface area contributed by atoms with E-state index in [1.807, 2.05) is 0 Å². The number of hydrogen-bond acceptors (Lipinski definition) is 4. The highest BCUT2D eigenvalue weighted by Crippen LogP contribution is 2.12. The third-order valence-corrected chi connectivity index (χ3v) is 1.52. The molecule has 4 nitrogen and oxygen atoms in total. The van der Waals surface area contributed by atoms with Gasteiger partial charge in [-0.1, -0.05) is 0 Å². The van der Waals surface area contributed by atoms with Crippen molar-refractivity contribution in [3.05, 3.63) is 29.6 Å². The van der Waals surface area contributed by atoms with Crippen molar-refractivity contribution in [2.45, 2.75) is 0 Å². The number of carbonyl (C=O) groups excluding carboxylic acids is 1. The molecule has 2 N–H and O–H groups in total. The van der Waals surface area contributed by atoms with Gasteiger partial charge in [0.15, 0.2) is 6.79 Å². The molecule has 0 amide bonds. The summed E-state index contributed by atoms with van der Waals surface area (Å²) in [5, 5.41) is 0. The van der Waals surface area contributed by atoms with Gasteiger partial charge in [0.05, 0.1) is 5.56 Å². The smallest absolute Gasteiger partial charge is 0.343 e. The van der Waals surface area contributed by atoms with Crippen LogP contribution >= 0.6 is 0 Å². The number of carbonyl (C=O) groups is 1. The molecule has 0 aliphatic heterocycles. The summed E-state index contributed by atoms with van der Waals surface area (Å²) in [7, 11) is 1.37. The highest BCUT2D eigenvalue weighted by molar-refractivity contribution is 5.90. The van der Waals surface area contributed by atoms with Gasteiger partial charge in [0.25, 0.3) is 0 Å². The number of benzene rings is 1. The first-order chi connectivity index (χ1) is 6.65. The van der Waals surface area contributed by atoms with Crippen LogP contribution in [0, 0.1) is 5.82 Å². The van der Waals surface area contributed by atoms with Crippen molar-refractivity contribution in [2.75, 3.05) is 19.6 Å². The van der Waals surface area contributed by atoms with E-state index in [-0.39, 0.29) is 18.0 Å². The van der Waals surface area contributed by atoms with Crippen molar-refractivity contribution in [1.29, 1.82) is 0 Å². The molecule has 0 radical (unpaired) electrons. The summed E-state index contributed by atoms with van der Waals surface area (Å²) >= 11 is 0. The fourth-order valence-electron chi connectivity index (χ4n) is 0.887. The van der Waals surface area contributed by atoms with Crippen LogP contribution in [0.5, 0.6) is 0 Å². The molecule has 0 aromatic heterocycles. The summed E-state index contributed by atoms with van der Waals surface area (Å²) in [5.41, 5.74) is 5.41. The highest BCUT2D eigenvalue weighted by atomic mass is 19.1. The fourth-order valence-corrected chi connectivity index (χ4v) is 0.887. The number of nitrogens with two attached hydrogens (primary N) is 1. The molecule has 0 saturated heterocycles. The Morgan fingerprint density at radius 1 is 1.57 bits per heavy atom. The zero-order valence-electron chi connectivity index (χ0n) is 7.62. The lowest BCUT2D eigenvalue weighted by molar-refractivity contribution is -0.0128. The Hall–Kier alpha value is -1.62. The van der Waals surface area contributed by atoms with Gasteiger partial charge in [-0.25, -0.2) is 9.18 Å². The second-order valence-electron chi connectivity index (χ2n) is 2.58. The fraction of sp³-hybridized carbons (Fsp3) is 0.222. The zero-order valence-corrected chi connectivity index (χ0v) is 7.62. The number of anilines is 1. The van der Waals surface area contributed by atoms with E-state index in [4.69, 9.17) is 5.73 Å². The maximum Gasteiger partial charge on any atom is 0.343 e. The van der Waals surface area contributed by atoms with Gasteiger partial charge in [0, 0.05) is 12.8 Å². The Balaban J connectivity index is 2.80. The van der Waals surface area contributed by atoms with Crippen LogP contribution in [0.15, 0.2) is 18.2 Å². The number of rotatable bonds is 3. The Morgan fingerprint density at radius 2 is 2.29 bits per heavy atom. The quantitative estimate of drug-likeness (QED) is 0.451. The van der Waals surface area contributed by atoms with Crippen LogP contribution in [0.2, 0.25) is 0 Å². The number of methoxy groups -OCH3 is 1. The van der Waals surface area contributed by atoms with Gasteiger partial charge < -0.3 is 15.2 Å². The van der Waals surface area contributed by atoms with Gasteiger partial charge in [0.1, 0.15) is 5.82 Å². The third kappa shape index (κ3) is 2.43. The molecular formula is C9H10FNO3. The molecule has 0 heterocycles. The van der Waals surface area contributed by atoms with E-state index in [1.54, 1.807) is 0 Å². The Kier molecular flexibility index (Phi) is 3.41. The van der Waals surface area contributed by atoms with Gasteiger partial charge in [-0.2, -0.15) is 0 Å². The Bertz CT molecular complexity index is 341. The van der Waals surface area contributed by atoms with Crippen LogP contribution in [0.4, 0.5) is 10.1 Å². The molecule has 0 unspecified atom stereocenters. The number of esters is 1. The maximum absolute atomic E-state index is 13.1. The van der Waals surface area contributed by atoms with Gasteiger partial charge in [-0.15, -0.1) is 0 Å². The molecule has 0 saturated carbocycles. The topological polar surface area (TPSA) is 61.5 Å². The molecule has 0 aliphatic carbocycles. The summed E-state index contributed by atoms with van der Waals surface area (Å²) in [4.78, 5) is 11.2. The molecule has 1 rings (SSSR count). The van der Waals surface area contributed by atoms with E-state index in [9.17, 15) is 9.18 Å². The molecule has 14 heavy (non-hydrogen) atoms. The van der Waals surface area contributed by atoms with E-state index in [0.717, 1.165) is 6.07 Å².